The zero-order valence-corrected chi connectivity index (χ0v) is 29.4. The highest BCUT2D eigenvalue weighted by Gasteiger charge is 2.00. The van der Waals surface area contributed by atoms with Gasteiger partial charge in [0, 0.05) is 22.7 Å². The minimum absolute atomic E-state index is 0. The number of rotatable bonds is 2. The second-order valence-electron chi connectivity index (χ2n) is 11.4. The summed E-state index contributed by atoms with van der Waals surface area (Å²) in [6.07, 6.45) is 0. The summed E-state index contributed by atoms with van der Waals surface area (Å²) >= 11 is 0. The number of hydrogen-bond donors (Lipinski definition) is 10. The molecule has 11 nitrogen and oxygen atoms in total. The highest BCUT2D eigenvalue weighted by atomic mass is 16.0. The van der Waals surface area contributed by atoms with Gasteiger partial charge in [-0.3, -0.25) is 0 Å². The predicted molar refractivity (Wildman–Crippen MR) is 231 cm³/mol. The van der Waals surface area contributed by atoms with E-state index in [2.05, 4.69) is 0 Å². The summed E-state index contributed by atoms with van der Waals surface area (Å²) in [5, 5.41) is 0. The normalized spacial score (nSPS) is 9.36. The van der Waals surface area contributed by atoms with Crippen LogP contribution in [0.5, 0.6) is 0 Å². The van der Waals surface area contributed by atoms with Gasteiger partial charge in [-0.1, -0.05) is 91.0 Å². The van der Waals surface area contributed by atoms with E-state index in [4.69, 9.17) is 57.3 Å². The number of benzene rings is 7. The van der Waals surface area contributed by atoms with Crippen molar-refractivity contribution in [3.8, 4) is 22.3 Å². The van der Waals surface area contributed by atoms with E-state index in [1.54, 1.807) is 54.6 Å². The SMILES string of the molecule is Nc1ccc(-c2ccccc2)cc1N.Nc1ccc(-c2ccccc2)cc1N.Nc1ccc(N)cc1.Nc1cccc(N)c1.Nc1ccccc1N.O. The van der Waals surface area contributed by atoms with Gasteiger partial charge in [-0.15, -0.1) is 0 Å². The second kappa shape index (κ2) is 21.6. The van der Waals surface area contributed by atoms with Crippen LogP contribution in [0.3, 0.4) is 0 Å². The van der Waals surface area contributed by atoms with Crippen LogP contribution >= 0.6 is 0 Å². The van der Waals surface area contributed by atoms with Crippen LogP contribution in [0.25, 0.3) is 22.3 Å². The van der Waals surface area contributed by atoms with E-state index < -0.39 is 0 Å². The van der Waals surface area contributed by atoms with Crippen LogP contribution in [0, 0.1) is 0 Å². The first-order valence-corrected chi connectivity index (χ1v) is 16.2. The number of nitrogen functional groups attached to an aromatic ring is 10. The third-order valence-electron chi connectivity index (χ3n) is 7.23. The zero-order valence-electron chi connectivity index (χ0n) is 29.4. The first-order valence-electron chi connectivity index (χ1n) is 16.2. The van der Waals surface area contributed by atoms with Gasteiger partial charge in [0.15, 0.2) is 0 Å². The van der Waals surface area contributed by atoms with Gasteiger partial charge in [-0.05, 0) is 101 Å². The Morgan fingerprint density at radius 3 is 0.811 bits per heavy atom. The Hall–Kier alpha value is -7.50. The molecule has 0 heterocycles. The van der Waals surface area contributed by atoms with Crippen molar-refractivity contribution in [3.63, 3.8) is 0 Å². The van der Waals surface area contributed by atoms with E-state index in [-0.39, 0.29) is 5.48 Å². The fraction of sp³-hybridized carbons (Fsp3) is 0. The van der Waals surface area contributed by atoms with Crippen LogP contribution in [-0.4, -0.2) is 5.48 Å². The molecule has 0 aliphatic heterocycles. The third kappa shape index (κ3) is 14.9. The molecule has 0 aliphatic rings. The van der Waals surface area contributed by atoms with Gasteiger partial charge in [0.25, 0.3) is 0 Å². The molecule has 0 saturated carbocycles. The Kier molecular flexibility index (Phi) is 16.9. The number of anilines is 10. The van der Waals surface area contributed by atoms with Crippen molar-refractivity contribution in [1.29, 1.82) is 0 Å². The number of hydrogen-bond acceptors (Lipinski definition) is 10. The van der Waals surface area contributed by atoms with Crippen molar-refractivity contribution >= 4 is 56.9 Å². The molecule has 0 amide bonds. The summed E-state index contributed by atoms with van der Waals surface area (Å²) in [4.78, 5) is 0. The Labute approximate surface area is 311 Å². The molecule has 53 heavy (non-hydrogen) atoms. The van der Waals surface area contributed by atoms with E-state index >= 15 is 0 Å². The molecule has 7 aromatic rings. The lowest BCUT2D eigenvalue weighted by Gasteiger charge is -2.04. The highest BCUT2D eigenvalue weighted by Crippen LogP contribution is 2.25. The van der Waals surface area contributed by atoms with E-state index in [0.717, 1.165) is 33.6 Å². The molecular weight excluding hydrogens is 661 g/mol. The van der Waals surface area contributed by atoms with E-state index in [9.17, 15) is 0 Å². The van der Waals surface area contributed by atoms with Gasteiger partial charge in [-0.25, -0.2) is 0 Å². The third-order valence-corrected chi connectivity index (χ3v) is 7.23. The average molecular weight is 711 g/mol. The Bertz CT molecular complexity index is 1950. The topological polar surface area (TPSA) is 292 Å². The van der Waals surface area contributed by atoms with Crippen LogP contribution in [0.4, 0.5) is 56.9 Å². The smallest absolute Gasteiger partial charge is 0.0554 e. The minimum atomic E-state index is 0. The predicted octanol–water partition coefficient (Wildman–Crippen LogP) is 6.76. The van der Waals surface area contributed by atoms with Crippen LogP contribution in [0.15, 0.2) is 170 Å². The number of para-hydroxylation sites is 2. The Morgan fingerprint density at radius 2 is 0.528 bits per heavy atom. The first-order chi connectivity index (χ1) is 24.9. The zero-order chi connectivity index (χ0) is 37.9. The molecule has 7 aromatic carbocycles. The van der Waals surface area contributed by atoms with Gasteiger partial charge in [0.05, 0.1) is 34.1 Å². The van der Waals surface area contributed by atoms with Crippen molar-refractivity contribution in [2.75, 3.05) is 57.3 Å². The molecule has 0 saturated heterocycles. The quantitative estimate of drug-likeness (QED) is 0.0840. The van der Waals surface area contributed by atoms with Crippen LogP contribution in [-0.2, 0) is 0 Å². The summed E-state index contributed by atoms with van der Waals surface area (Å²) in [7, 11) is 0. The summed E-state index contributed by atoms with van der Waals surface area (Å²) < 4.78 is 0. The molecule has 11 heteroatoms. The maximum atomic E-state index is 5.73. The Morgan fingerprint density at radius 1 is 0.208 bits per heavy atom. The van der Waals surface area contributed by atoms with Crippen molar-refractivity contribution in [2.24, 2.45) is 0 Å². The summed E-state index contributed by atoms with van der Waals surface area (Å²) in [5.74, 6) is 0. The lowest BCUT2D eigenvalue weighted by Crippen LogP contribution is -1.94. The molecule has 0 atom stereocenters. The van der Waals surface area contributed by atoms with Gasteiger partial charge in [0.1, 0.15) is 0 Å². The summed E-state index contributed by atoms with van der Waals surface area (Å²) in [5.41, 5.74) is 66.3. The van der Waals surface area contributed by atoms with Crippen molar-refractivity contribution in [1.82, 2.24) is 0 Å². The fourth-order valence-electron chi connectivity index (χ4n) is 4.34. The van der Waals surface area contributed by atoms with Gasteiger partial charge >= 0.3 is 0 Å². The van der Waals surface area contributed by atoms with Crippen LogP contribution in [0.2, 0.25) is 0 Å². The first kappa shape index (κ1) is 41.7. The molecule has 0 aromatic heterocycles. The maximum Gasteiger partial charge on any atom is 0.0554 e. The highest BCUT2D eigenvalue weighted by molar-refractivity contribution is 5.75. The molecule has 0 unspecified atom stereocenters. The van der Waals surface area contributed by atoms with Crippen molar-refractivity contribution < 1.29 is 5.48 Å². The van der Waals surface area contributed by atoms with Gasteiger partial charge in [-0.2, -0.15) is 0 Å². The molecule has 274 valence electrons. The summed E-state index contributed by atoms with van der Waals surface area (Å²) in [6, 6.07) is 53.1. The molecular formula is C42H50N10O. The summed E-state index contributed by atoms with van der Waals surface area (Å²) in [6.45, 7) is 0. The van der Waals surface area contributed by atoms with E-state index in [0.29, 0.717) is 45.5 Å². The fourth-order valence-corrected chi connectivity index (χ4v) is 4.34. The second-order valence-corrected chi connectivity index (χ2v) is 11.4. The Balaban J connectivity index is 0.000000234. The van der Waals surface area contributed by atoms with Crippen LogP contribution < -0.4 is 57.3 Å². The molecule has 7 rings (SSSR count). The van der Waals surface area contributed by atoms with Crippen LogP contribution in [0.1, 0.15) is 0 Å². The van der Waals surface area contributed by atoms with E-state index in [1.807, 2.05) is 115 Å². The molecule has 0 fully saturated rings. The molecule has 0 radical (unpaired) electrons. The largest absolute Gasteiger partial charge is 0.412 e. The number of nitrogens with two attached hydrogens (primary N) is 10. The minimum Gasteiger partial charge on any atom is -0.412 e. The van der Waals surface area contributed by atoms with Gasteiger partial charge in [0.2, 0.25) is 0 Å². The van der Waals surface area contributed by atoms with Crippen molar-refractivity contribution in [3.05, 3.63) is 170 Å². The molecule has 22 N–H and O–H groups in total. The van der Waals surface area contributed by atoms with Crippen molar-refractivity contribution in [2.45, 2.75) is 0 Å². The monoisotopic (exact) mass is 710 g/mol. The molecule has 0 spiro atoms. The average Bonchev–Trinajstić information content (AvgIpc) is 3.15. The molecule has 0 bridgehead atoms. The molecule has 0 aliphatic carbocycles. The standard InChI is InChI=1S/2C12H12N2.3C6H8N2.H2O/c2*13-11-7-6-10(8-12(11)14)9-4-2-1-3-5-9;7-5-1-2-6(8)4-3-5;7-5-2-1-3-6(8)4-5;7-5-3-1-2-4-6(5)8;/h2*1-8H,13-14H2;3*1-4H,7-8H2;1H2. The lowest BCUT2D eigenvalue weighted by molar-refractivity contribution is 0.824. The van der Waals surface area contributed by atoms with E-state index in [1.165, 1.54) is 0 Å². The van der Waals surface area contributed by atoms with Gasteiger partial charge < -0.3 is 62.8 Å². The lowest BCUT2D eigenvalue weighted by atomic mass is 10.0. The maximum absolute atomic E-state index is 5.73.